The van der Waals surface area contributed by atoms with Gasteiger partial charge in [0.15, 0.2) is 0 Å². The summed E-state index contributed by atoms with van der Waals surface area (Å²) >= 11 is 1.61. The van der Waals surface area contributed by atoms with Crippen LogP contribution in [0.2, 0.25) is 0 Å². The lowest BCUT2D eigenvalue weighted by atomic mass is 10.3. The van der Waals surface area contributed by atoms with Crippen molar-refractivity contribution in [2.45, 2.75) is 19.0 Å². The summed E-state index contributed by atoms with van der Waals surface area (Å²) in [5.74, 6) is 1.87. The molecule has 5 nitrogen and oxygen atoms in total. The summed E-state index contributed by atoms with van der Waals surface area (Å²) in [5.41, 5.74) is 0. The van der Waals surface area contributed by atoms with Crippen LogP contribution in [0, 0.1) is 0 Å². The Bertz CT molecular complexity index is 391. The maximum absolute atomic E-state index is 11.8. The van der Waals surface area contributed by atoms with E-state index >= 15 is 0 Å². The average molecular weight is 254 g/mol. The Morgan fingerprint density at radius 1 is 1.65 bits per heavy atom. The Kier molecular flexibility index (Phi) is 4.08. The fourth-order valence-corrected chi connectivity index (χ4v) is 2.49. The standard InChI is InChI=1S/C11H14N2O3S/c14-10-3-5-17-7-9(13-10)11(15)12-6-8-2-1-4-16-8/h1-2,4,9H,3,5-7H2,(H,12,15)(H,13,14). The normalized spacial score (nSPS) is 20.5. The van der Waals surface area contributed by atoms with Gasteiger partial charge in [0, 0.05) is 17.9 Å². The predicted molar refractivity (Wildman–Crippen MR) is 64.4 cm³/mol. The van der Waals surface area contributed by atoms with Crippen LogP contribution in [0.4, 0.5) is 0 Å². The van der Waals surface area contributed by atoms with Crippen molar-refractivity contribution in [3.63, 3.8) is 0 Å². The van der Waals surface area contributed by atoms with Gasteiger partial charge in [-0.15, -0.1) is 0 Å². The van der Waals surface area contributed by atoms with Crippen LogP contribution in [0.1, 0.15) is 12.2 Å². The summed E-state index contributed by atoms with van der Waals surface area (Å²) in [7, 11) is 0. The van der Waals surface area contributed by atoms with Crippen LogP contribution < -0.4 is 10.6 Å². The van der Waals surface area contributed by atoms with Crippen molar-refractivity contribution < 1.29 is 14.0 Å². The molecule has 1 aromatic heterocycles. The second kappa shape index (κ2) is 5.77. The third kappa shape index (κ3) is 3.52. The van der Waals surface area contributed by atoms with E-state index in [2.05, 4.69) is 10.6 Å². The van der Waals surface area contributed by atoms with E-state index in [4.69, 9.17) is 4.42 Å². The van der Waals surface area contributed by atoms with Gasteiger partial charge in [0.1, 0.15) is 11.8 Å². The molecule has 1 fully saturated rings. The van der Waals surface area contributed by atoms with E-state index in [1.807, 2.05) is 0 Å². The lowest BCUT2D eigenvalue weighted by Gasteiger charge is -2.14. The van der Waals surface area contributed by atoms with E-state index in [1.165, 1.54) is 0 Å². The maximum Gasteiger partial charge on any atom is 0.243 e. The quantitative estimate of drug-likeness (QED) is 0.825. The molecule has 2 amide bonds. The minimum atomic E-state index is -0.440. The van der Waals surface area contributed by atoms with E-state index in [0.717, 1.165) is 5.75 Å². The molecule has 0 aromatic carbocycles. The predicted octanol–water partition coefficient (Wildman–Crippen LogP) is 0.517. The van der Waals surface area contributed by atoms with E-state index in [1.54, 1.807) is 30.2 Å². The van der Waals surface area contributed by atoms with Crippen LogP contribution in [0.5, 0.6) is 0 Å². The highest BCUT2D eigenvalue weighted by molar-refractivity contribution is 7.99. The van der Waals surface area contributed by atoms with Gasteiger partial charge in [-0.3, -0.25) is 9.59 Å². The van der Waals surface area contributed by atoms with Gasteiger partial charge in [-0.2, -0.15) is 11.8 Å². The fraction of sp³-hybridized carbons (Fsp3) is 0.455. The molecule has 17 heavy (non-hydrogen) atoms. The van der Waals surface area contributed by atoms with Crippen LogP contribution in [-0.2, 0) is 16.1 Å². The summed E-state index contributed by atoms with van der Waals surface area (Å²) in [4.78, 5) is 23.1. The molecule has 0 aliphatic carbocycles. The van der Waals surface area contributed by atoms with E-state index in [-0.39, 0.29) is 11.8 Å². The van der Waals surface area contributed by atoms with Gasteiger partial charge in [-0.05, 0) is 12.1 Å². The number of hydrogen-bond donors (Lipinski definition) is 2. The van der Waals surface area contributed by atoms with Gasteiger partial charge in [0.05, 0.1) is 12.8 Å². The molecule has 92 valence electrons. The highest BCUT2D eigenvalue weighted by atomic mass is 32.2. The molecule has 0 radical (unpaired) electrons. The molecule has 1 aromatic rings. The summed E-state index contributed by atoms with van der Waals surface area (Å²) in [6, 6.07) is 3.12. The van der Waals surface area contributed by atoms with Crippen molar-refractivity contribution in [2.75, 3.05) is 11.5 Å². The van der Waals surface area contributed by atoms with Gasteiger partial charge in [-0.25, -0.2) is 0 Å². The van der Waals surface area contributed by atoms with Gasteiger partial charge >= 0.3 is 0 Å². The van der Waals surface area contributed by atoms with Crippen molar-refractivity contribution in [1.29, 1.82) is 0 Å². The molecule has 0 bridgehead atoms. The molecule has 1 aliphatic heterocycles. The fourth-order valence-electron chi connectivity index (χ4n) is 1.53. The summed E-state index contributed by atoms with van der Waals surface area (Å²) in [6.45, 7) is 0.350. The molecule has 1 unspecified atom stereocenters. The Hall–Kier alpha value is -1.43. The van der Waals surface area contributed by atoms with Gasteiger partial charge in [0.2, 0.25) is 11.8 Å². The molecule has 2 rings (SSSR count). The Morgan fingerprint density at radius 3 is 3.29 bits per heavy atom. The molecule has 1 saturated heterocycles. The second-order valence-corrected chi connectivity index (χ2v) is 4.89. The Labute approximate surface area is 103 Å². The van der Waals surface area contributed by atoms with Crippen molar-refractivity contribution in [2.24, 2.45) is 0 Å². The molecule has 6 heteroatoms. The molecule has 1 aliphatic rings. The molecule has 0 spiro atoms. The average Bonchev–Trinajstić information content (AvgIpc) is 2.74. The number of hydrogen-bond acceptors (Lipinski definition) is 4. The highest BCUT2D eigenvalue weighted by Crippen LogP contribution is 2.10. The zero-order valence-electron chi connectivity index (χ0n) is 9.27. The summed E-state index contributed by atoms with van der Waals surface area (Å²) in [6.07, 6.45) is 2.04. The van der Waals surface area contributed by atoms with Crippen LogP contribution in [0.3, 0.4) is 0 Å². The van der Waals surface area contributed by atoms with Crippen molar-refractivity contribution >= 4 is 23.6 Å². The summed E-state index contributed by atoms with van der Waals surface area (Å²) < 4.78 is 5.11. The van der Waals surface area contributed by atoms with Crippen molar-refractivity contribution in [3.8, 4) is 0 Å². The van der Waals surface area contributed by atoms with E-state index in [9.17, 15) is 9.59 Å². The van der Waals surface area contributed by atoms with Crippen LogP contribution in [-0.4, -0.2) is 29.4 Å². The van der Waals surface area contributed by atoms with Crippen LogP contribution in [0.15, 0.2) is 22.8 Å². The minimum Gasteiger partial charge on any atom is -0.467 e. The van der Waals surface area contributed by atoms with E-state index < -0.39 is 6.04 Å². The smallest absolute Gasteiger partial charge is 0.243 e. The van der Waals surface area contributed by atoms with Gasteiger partial charge in [-0.1, -0.05) is 0 Å². The Balaban J connectivity index is 1.84. The number of thioether (sulfide) groups is 1. The third-order valence-corrected chi connectivity index (χ3v) is 3.49. The first-order chi connectivity index (χ1) is 8.25. The van der Waals surface area contributed by atoms with Crippen LogP contribution in [0.25, 0.3) is 0 Å². The van der Waals surface area contributed by atoms with Crippen molar-refractivity contribution in [3.05, 3.63) is 24.2 Å². The number of carbonyl (C=O) groups is 2. The zero-order valence-corrected chi connectivity index (χ0v) is 10.1. The molecule has 0 saturated carbocycles. The van der Waals surface area contributed by atoms with E-state index in [0.29, 0.717) is 24.5 Å². The number of furan rings is 1. The molecular weight excluding hydrogens is 240 g/mol. The number of amides is 2. The monoisotopic (exact) mass is 254 g/mol. The largest absolute Gasteiger partial charge is 0.467 e. The third-order valence-electron chi connectivity index (χ3n) is 2.43. The zero-order chi connectivity index (χ0) is 12.1. The first kappa shape index (κ1) is 12.0. The SMILES string of the molecule is O=C1CCSCC(C(=O)NCc2ccco2)N1. The summed E-state index contributed by atoms with van der Waals surface area (Å²) in [5, 5.41) is 5.45. The molecule has 2 N–H and O–H groups in total. The lowest BCUT2D eigenvalue weighted by Crippen LogP contribution is -2.47. The Morgan fingerprint density at radius 2 is 2.53 bits per heavy atom. The van der Waals surface area contributed by atoms with Gasteiger partial charge < -0.3 is 15.1 Å². The first-order valence-electron chi connectivity index (χ1n) is 5.43. The molecule has 1 atom stereocenters. The highest BCUT2D eigenvalue weighted by Gasteiger charge is 2.23. The molecule has 2 heterocycles. The minimum absolute atomic E-state index is 0.0619. The molecular formula is C11H14N2O3S. The number of rotatable bonds is 3. The topological polar surface area (TPSA) is 71.3 Å². The number of carbonyl (C=O) groups excluding carboxylic acids is 2. The van der Waals surface area contributed by atoms with Crippen LogP contribution >= 0.6 is 11.8 Å². The second-order valence-electron chi connectivity index (χ2n) is 3.74. The maximum atomic E-state index is 11.8. The van der Waals surface area contributed by atoms with Gasteiger partial charge in [0.25, 0.3) is 0 Å². The first-order valence-corrected chi connectivity index (χ1v) is 6.58. The van der Waals surface area contributed by atoms with Crippen molar-refractivity contribution in [1.82, 2.24) is 10.6 Å². The number of nitrogens with one attached hydrogen (secondary N) is 2. The lowest BCUT2D eigenvalue weighted by molar-refractivity contribution is -0.128.